The normalized spacial score (nSPS) is 36.2. The molecule has 2 aliphatic rings. The Morgan fingerprint density at radius 1 is 1.40 bits per heavy atom. The van der Waals surface area contributed by atoms with E-state index < -0.39 is 0 Å². The zero-order chi connectivity index (χ0) is 10.9. The second-order valence-corrected chi connectivity index (χ2v) is 6.90. The van der Waals surface area contributed by atoms with Gasteiger partial charge in [-0.25, -0.2) is 0 Å². The molecule has 2 heteroatoms. The van der Waals surface area contributed by atoms with Crippen LogP contribution >= 0.6 is 15.9 Å². The average molecular weight is 274 g/mol. The van der Waals surface area contributed by atoms with Crippen molar-refractivity contribution in [2.45, 2.75) is 50.8 Å². The Hall–Kier alpha value is 0.440. The van der Waals surface area contributed by atoms with Crippen LogP contribution in [0, 0.1) is 11.3 Å². The van der Waals surface area contributed by atoms with E-state index in [1.807, 2.05) is 0 Å². The molecule has 0 N–H and O–H groups in total. The average Bonchev–Trinajstić information content (AvgIpc) is 2.17. The van der Waals surface area contributed by atoms with Gasteiger partial charge in [0.1, 0.15) is 0 Å². The number of nitrogens with zero attached hydrogens (tertiary/aromatic N) is 1. The quantitative estimate of drug-likeness (QED) is 0.710. The van der Waals surface area contributed by atoms with Crippen molar-refractivity contribution in [2.24, 2.45) is 11.3 Å². The predicted octanol–water partition coefficient (Wildman–Crippen LogP) is 3.67. The van der Waals surface area contributed by atoms with Gasteiger partial charge in [-0.15, -0.1) is 0 Å². The maximum Gasteiger partial charge on any atom is 0.0299 e. The Morgan fingerprint density at radius 3 is 2.60 bits per heavy atom. The fourth-order valence-corrected chi connectivity index (χ4v) is 3.68. The van der Waals surface area contributed by atoms with Gasteiger partial charge in [-0.05, 0) is 43.6 Å². The molecule has 2 unspecified atom stereocenters. The van der Waals surface area contributed by atoms with Gasteiger partial charge in [0, 0.05) is 17.9 Å². The fourth-order valence-electron chi connectivity index (χ4n) is 3.00. The van der Waals surface area contributed by atoms with E-state index >= 15 is 0 Å². The molecule has 0 bridgehead atoms. The highest BCUT2D eigenvalue weighted by molar-refractivity contribution is 9.09. The first-order valence-electron chi connectivity index (χ1n) is 6.52. The summed E-state index contributed by atoms with van der Waals surface area (Å²) in [5.41, 5.74) is 0.702. The van der Waals surface area contributed by atoms with E-state index in [1.165, 1.54) is 51.7 Å². The third-order valence-corrected chi connectivity index (χ3v) is 5.87. The minimum absolute atomic E-state index is 0.702. The number of piperidine rings is 1. The Labute approximate surface area is 103 Å². The molecule has 1 aliphatic carbocycles. The molecule has 0 aromatic rings. The molecule has 2 atom stereocenters. The topological polar surface area (TPSA) is 3.24 Å². The summed E-state index contributed by atoms with van der Waals surface area (Å²) in [7, 11) is 0. The van der Waals surface area contributed by atoms with E-state index in [9.17, 15) is 0 Å². The predicted molar refractivity (Wildman–Crippen MR) is 69.5 cm³/mol. The van der Waals surface area contributed by atoms with Crippen molar-refractivity contribution in [3.05, 3.63) is 0 Å². The minimum atomic E-state index is 0.702. The van der Waals surface area contributed by atoms with Crippen LogP contribution in [0.2, 0.25) is 0 Å². The summed E-state index contributed by atoms with van der Waals surface area (Å²) in [4.78, 5) is 3.42. The second kappa shape index (κ2) is 4.75. The Morgan fingerprint density at radius 2 is 2.13 bits per heavy atom. The van der Waals surface area contributed by atoms with Gasteiger partial charge in [0.25, 0.3) is 0 Å². The lowest BCUT2D eigenvalue weighted by atomic mass is 9.66. The van der Waals surface area contributed by atoms with E-state index in [4.69, 9.17) is 0 Å². The van der Waals surface area contributed by atoms with Gasteiger partial charge in [0.15, 0.2) is 0 Å². The van der Waals surface area contributed by atoms with Crippen LogP contribution in [0.5, 0.6) is 0 Å². The maximum absolute atomic E-state index is 3.82. The third kappa shape index (κ3) is 2.58. The molecule has 1 aliphatic heterocycles. The molecule has 0 radical (unpaired) electrons. The molecular formula is C13H24BrN. The van der Waals surface area contributed by atoms with Crippen molar-refractivity contribution in [1.29, 1.82) is 0 Å². The molecule has 1 saturated carbocycles. The van der Waals surface area contributed by atoms with E-state index in [2.05, 4.69) is 34.7 Å². The summed E-state index contributed by atoms with van der Waals surface area (Å²) in [6.07, 6.45) is 7.17. The van der Waals surface area contributed by atoms with Crippen LogP contribution in [0.4, 0.5) is 0 Å². The van der Waals surface area contributed by atoms with Crippen LogP contribution in [-0.2, 0) is 0 Å². The van der Waals surface area contributed by atoms with Crippen molar-refractivity contribution in [2.75, 3.05) is 19.6 Å². The molecule has 0 spiro atoms. The molecule has 1 saturated heterocycles. The van der Waals surface area contributed by atoms with Crippen LogP contribution in [0.3, 0.4) is 0 Å². The van der Waals surface area contributed by atoms with Crippen LogP contribution in [-0.4, -0.2) is 29.4 Å². The van der Waals surface area contributed by atoms with Crippen LogP contribution < -0.4 is 0 Å². The van der Waals surface area contributed by atoms with Crippen molar-refractivity contribution >= 4 is 15.9 Å². The summed E-state index contributed by atoms with van der Waals surface area (Å²) in [6.45, 7) is 8.69. The van der Waals surface area contributed by atoms with Crippen LogP contribution in [0.15, 0.2) is 0 Å². The lowest BCUT2D eigenvalue weighted by Crippen LogP contribution is -2.47. The molecule has 15 heavy (non-hydrogen) atoms. The maximum atomic E-state index is 3.82. The summed E-state index contributed by atoms with van der Waals surface area (Å²) >= 11 is 3.82. The van der Waals surface area contributed by atoms with Gasteiger partial charge in [0.05, 0.1) is 0 Å². The lowest BCUT2D eigenvalue weighted by molar-refractivity contribution is 0.0487. The first kappa shape index (κ1) is 11.9. The zero-order valence-corrected chi connectivity index (χ0v) is 11.7. The molecule has 1 nitrogen and oxygen atoms in total. The van der Waals surface area contributed by atoms with Crippen molar-refractivity contribution < 1.29 is 0 Å². The van der Waals surface area contributed by atoms with Gasteiger partial charge in [-0.1, -0.05) is 36.2 Å². The van der Waals surface area contributed by atoms with Crippen LogP contribution in [0.25, 0.3) is 0 Å². The number of likely N-dealkylation sites (tertiary alicyclic amines) is 1. The third-order valence-electron chi connectivity index (χ3n) is 4.67. The summed E-state index contributed by atoms with van der Waals surface area (Å²) in [5, 5.41) is 0. The van der Waals surface area contributed by atoms with Gasteiger partial charge >= 0.3 is 0 Å². The SMILES string of the molecule is CCC1(CN2CCC(C)C(Br)C2)CCC1. The Balaban J connectivity index is 1.84. The highest BCUT2D eigenvalue weighted by Gasteiger charge is 2.38. The second-order valence-electron chi connectivity index (χ2n) is 5.72. The Kier molecular flexibility index (Phi) is 3.77. The highest BCUT2D eigenvalue weighted by atomic mass is 79.9. The summed E-state index contributed by atoms with van der Waals surface area (Å²) in [5.74, 6) is 0.861. The number of rotatable bonds is 3. The molecule has 88 valence electrons. The van der Waals surface area contributed by atoms with E-state index in [0.29, 0.717) is 5.41 Å². The molecule has 0 aromatic carbocycles. The summed E-state index contributed by atoms with van der Waals surface area (Å²) in [6, 6.07) is 0. The van der Waals surface area contributed by atoms with E-state index in [0.717, 1.165) is 10.7 Å². The molecular weight excluding hydrogens is 250 g/mol. The zero-order valence-electron chi connectivity index (χ0n) is 10.1. The van der Waals surface area contributed by atoms with Gasteiger partial charge in [0.2, 0.25) is 0 Å². The summed E-state index contributed by atoms with van der Waals surface area (Å²) < 4.78 is 0. The fraction of sp³-hybridized carbons (Fsp3) is 1.00. The molecule has 1 heterocycles. The van der Waals surface area contributed by atoms with Gasteiger partial charge in [-0.2, -0.15) is 0 Å². The number of hydrogen-bond acceptors (Lipinski definition) is 1. The molecule has 0 aromatic heterocycles. The first-order chi connectivity index (χ1) is 7.15. The molecule has 2 fully saturated rings. The molecule has 0 amide bonds. The number of halogens is 1. The smallest absolute Gasteiger partial charge is 0.0299 e. The van der Waals surface area contributed by atoms with E-state index in [-0.39, 0.29) is 0 Å². The minimum Gasteiger partial charge on any atom is -0.302 e. The van der Waals surface area contributed by atoms with Crippen molar-refractivity contribution in [1.82, 2.24) is 4.90 Å². The number of hydrogen-bond donors (Lipinski definition) is 0. The standard InChI is InChI=1S/C13H24BrN/c1-3-13(6-4-7-13)10-15-8-5-11(2)12(14)9-15/h11-12H,3-10H2,1-2H3. The first-order valence-corrected chi connectivity index (χ1v) is 7.43. The van der Waals surface area contributed by atoms with Crippen molar-refractivity contribution in [3.8, 4) is 0 Å². The van der Waals surface area contributed by atoms with Crippen LogP contribution in [0.1, 0.15) is 46.0 Å². The Bertz CT molecular complexity index is 207. The van der Waals surface area contributed by atoms with E-state index in [1.54, 1.807) is 0 Å². The molecule has 2 rings (SSSR count). The lowest BCUT2D eigenvalue weighted by Gasteiger charge is -2.47. The number of alkyl halides is 1. The van der Waals surface area contributed by atoms with Crippen molar-refractivity contribution in [3.63, 3.8) is 0 Å². The monoisotopic (exact) mass is 273 g/mol. The highest BCUT2D eigenvalue weighted by Crippen LogP contribution is 2.44. The van der Waals surface area contributed by atoms with Gasteiger partial charge in [-0.3, -0.25) is 0 Å². The van der Waals surface area contributed by atoms with Gasteiger partial charge < -0.3 is 4.90 Å². The largest absolute Gasteiger partial charge is 0.302 e.